The maximum Gasteiger partial charge on any atom is 0.130 e. The van der Waals surface area contributed by atoms with Crippen LogP contribution < -0.4 is 0 Å². The SMILES string of the molecule is B(Cc1ccccc1)Cc1ccccc1. The van der Waals surface area contributed by atoms with Crippen molar-refractivity contribution in [2.45, 2.75) is 12.6 Å². The van der Waals surface area contributed by atoms with E-state index < -0.39 is 0 Å². The molecule has 0 heterocycles. The molecule has 0 unspecified atom stereocenters. The fraction of sp³-hybridized carbons (Fsp3) is 0.143. The van der Waals surface area contributed by atoms with Gasteiger partial charge in [0.25, 0.3) is 0 Å². The highest BCUT2D eigenvalue weighted by molar-refractivity contribution is 6.34. The van der Waals surface area contributed by atoms with Crippen LogP contribution in [-0.2, 0) is 12.6 Å². The standard InChI is InChI=1S/C14H15B/c1-3-7-13(8-4-1)11-15-12-14-9-5-2-6-10-14/h1-10,15H,11-12H2. The van der Waals surface area contributed by atoms with E-state index in [1.165, 1.54) is 31.0 Å². The molecule has 0 nitrogen and oxygen atoms in total. The zero-order valence-corrected chi connectivity index (χ0v) is 8.89. The van der Waals surface area contributed by atoms with Crippen LogP contribution >= 0.6 is 0 Å². The lowest BCUT2D eigenvalue weighted by Gasteiger charge is -2.00. The van der Waals surface area contributed by atoms with Crippen molar-refractivity contribution < 1.29 is 0 Å². The Hall–Kier alpha value is -1.50. The van der Waals surface area contributed by atoms with E-state index in [0.29, 0.717) is 0 Å². The highest BCUT2D eigenvalue weighted by Crippen LogP contribution is 2.02. The smallest absolute Gasteiger partial charge is 0.0622 e. The summed E-state index contributed by atoms with van der Waals surface area (Å²) in [4.78, 5) is 0. The maximum atomic E-state index is 2.20. The zero-order valence-electron chi connectivity index (χ0n) is 8.89. The predicted octanol–water partition coefficient (Wildman–Crippen LogP) is 2.82. The molecule has 0 saturated carbocycles. The van der Waals surface area contributed by atoms with Gasteiger partial charge in [-0.05, 0) is 0 Å². The van der Waals surface area contributed by atoms with Gasteiger partial charge in [-0.3, -0.25) is 0 Å². The first-order valence-corrected chi connectivity index (χ1v) is 5.53. The Morgan fingerprint density at radius 1 is 0.600 bits per heavy atom. The van der Waals surface area contributed by atoms with Gasteiger partial charge in [-0.1, -0.05) is 84.4 Å². The summed E-state index contributed by atoms with van der Waals surface area (Å²) >= 11 is 0. The fourth-order valence-corrected chi connectivity index (χ4v) is 1.79. The van der Waals surface area contributed by atoms with Crippen LogP contribution in [0.4, 0.5) is 0 Å². The molecule has 0 spiro atoms. The number of hydrogen-bond acceptors (Lipinski definition) is 0. The third-order valence-electron chi connectivity index (χ3n) is 2.62. The Balaban J connectivity index is 1.81. The van der Waals surface area contributed by atoms with Crippen molar-refractivity contribution in [2.24, 2.45) is 0 Å². The van der Waals surface area contributed by atoms with Crippen LogP contribution in [-0.4, -0.2) is 7.28 Å². The summed E-state index contributed by atoms with van der Waals surface area (Å²) in [5, 5.41) is 0. The second kappa shape index (κ2) is 5.40. The predicted molar refractivity (Wildman–Crippen MR) is 67.4 cm³/mol. The topological polar surface area (TPSA) is 0 Å². The molecule has 74 valence electrons. The first-order chi connectivity index (χ1) is 7.45. The lowest BCUT2D eigenvalue weighted by Crippen LogP contribution is -2.01. The average Bonchev–Trinajstić information content (AvgIpc) is 2.32. The summed E-state index contributed by atoms with van der Waals surface area (Å²) < 4.78 is 0. The fourth-order valence-electron chi connectivity index (χ4n) is 1.79. The summed E-state index contributed by atoms with van der Waals surface area (Å²) in [5.41, 5.74) is 2.88. The molecular weight excluding hydrogens is 179 g/mol. The van der Waals surface area contributed by atoms with Gasteiger partial charge in [-0.15, -0.1) is 0 Å². The molecule has 0 aliphatic carbocycles. The van der Waals surface area contributed by atoms with E-state index in [0.717, 1.165) is 0 Å². The second-order valence-corrected chi connectivity index (χ2v) is 3.82. The van der Waals surface area contributed by atoms with E-state index >= 15 is 0 Å². The van der Waals surface area contributed by atoms with Crippen molar-refractivity contribution in [2.75, 3.05) is 0 Å². The maximum absolute atomic E-state index is 2.20. The van der Waals surface area contributed by atoms with Gasteiger partial charge in [-0.2, -0.15) is 0 Å². The van der Waals surface area contributed by atoms with Crippen molar-refractivity contribution in [3.8, 4) is 0 Å². The van der Waals surface area contributed by atoms with Crippen LogP contribution in [0.25, 0.3) is 0 Å². The summed E-state index contributed by atoms with van der Waals surface area (Å²) in [5.74, 6) is 0. The zero-order chi connectivity index (χ0) is 10.3. The molecule has 15 heavy (non-hydrogen) atoms. The molecule has 1 heteroatoms. The van der Waals surface area contributed by atoms with E-state index in [4.69, 9.17) is 0 Å². The molecule has 0 atom stereocenters. The van der Waals surface area contributed by atoms with Gasteiger partial charge < -0.3 is 0 Å². The molecule has 0 radical (unpaired) electrons. The average molecular weight is 194 g/mol. The molecule has 0 amide bonds. The number of hydrogen-bond donors (Lipinski definition) is 0. The number of rotatable bonds is 4. The Morgan fingerprint density at radius 2 is 1.00 bits per heavy atom. The molecule has 2 aromatic carbocycles. The van der Waals surface area contributed by atoms with Crippen molar-refractivity contribution in [1.82, 2.24) is 0 Å². The molecule has 0 aromatic heterocycles. The molecule has 0 aliphatic rings. The summed E-state index contributed by atoms with van der Waals surface area (Å²) in [7, 11) is 1.23. The van der Waals surface area contributed by atoms with Gasteiger partial charge in [-0.25, -0.2) is 0 Å². The molecular formula is C14H15B. The molecule has 2 aromatic rings. The van der Waals surface area contributed by atoms with Crippen molar-refractivity contribution in [3.05, 3.63) is 71.8 Å². The minimum absolute atomic E-state index is 1.18. The first kappa shape index (κ1) is 10.0. The third kappa shape index (κ3) is 3.28. The van der Waals surface area contributed by atoms with E-state index in [-0.39, 0.29) is 0 Å². The summed E-state index contributed by atoms with van der Waals surface area (Å²) in [6.07, 6.45) is 2.35. The van der Waals surface area contributed by atoms with Crippen LogP contribution in [0.15, 0.2) is 60.7 Å². The lowest BCUT2D eigenvalue weighted by atomic mass is 9.67. The number of benzene rings is 2. The molecule has 2 rings (SSSR count). The van der Waals surface area contributed by atoms with Gasteiger partial charge in [0.15, 0.2) is 0 Å². The lowest BCUT2D eigenvalue weighted by molar-refractivity contribution is 1.30. The molecule has 0 saturated heterocycles. The molecule has 0 aliphatic heterocycles. The van der Waals surface area contributed by atoms with Crippen molar-refractivity contribution in [1.29, 1.82) is 0 Å². The summed E-state index contributed by atoms with van der Waals surface area (Å²) in [6.45, 7) is 0. The van der Waals surface area contributed by atoms with Crippen LogP contribution in [0.2, 0.25) is 0 Å². The molecule has 0 fully saturated rings. The van der Waals surface area contributed by atoms with Crippen molar-refractivity contribution >= 4 is 7.28 Å². The van der Waals surface area contributed by atoms with Gasteiger partial charge in [0.1, 0.15) is 7.28 Å². The second-order valence-electron chi connectivity index (χ2n) is 3.82. The highest BCUT2D eigenvalue weighted by atomic mass is 13.9. The van der Waals surface area contributed by atoms with E-state index in [1.807, 2.05) is 0 Å². The highest BCUT2D eigenvalue weighted by Gasteiger charge is 1.95. The third-order valence-corrected chi connectivity index (χ3v) is 2.62. The van der Waals surface area contributed by atoms with Crippen LogP contribution in [0.3, 0.4) is 0 Å². The monoisotopic (exact) mass is 194 g/mol. The van der Waals surface area contributed by atoms with Gasteiger partial charge in [0, 0.05) is 0 Å². The minimum Gasteiger partial charge on any atom is -0.0622 e. The van der Waals surface area contributed by atoms with Crippen LogP contribution in [0.5, 0.6) is 0 Å². The van der Waals surface area contributed by atoms with Gasteiger partial charge >= 0.3 is 0 Å². The van der Waals surface area contributed by atoms with E-state index in [2.05, 4.69) is 60.7 Å². The van der Waals surface area contributed by atoms with Crippen LogP contribution in [0, 0.1) is 0 Å². The van der Waals surface area contributed by atoms with E-state index in [9.17, 15) is 0 Å². The first-order valence-electron chi connectivity index (χ1n) is 5.53. The normalized spacial score (nSPS) is 9.87. The van der Waals surface area contributed by atoms with Crippen molar-refractivity contribution in [3.63, 3.8) is 0 Å². The summed E-state index contributed by atoms with van der Waals surface area (Å²) in [6, 6.07) is 21.4. The quantitative estimate of drug-likeness (QED) is 0.656. The Labute approximate surface area is 92.2 Å². The molecule has 0 N–H and O–H groups in total. The minimum atomic E-state index is 1.18. The Bertz CT molecular complexity index is 341. The molecule has 0 bridgehead atoms. The van der Waals surface area contributed by atoms with Crippen LogP contribution in [0.1, 0.15) is 11.1 Å². The van der Waals surface area contributed by atoms with Gasteiger partial charge in [0.2, 0.25) is 0 Å². The van der Waals surface area contributed by atoms with Gasteiger partial charge in [0.05, 0.1) is 0 Å². The largest absolute Gasteiger partial charge is 0.130 e. The Morgan fingerprint density at radius 3 is 1.40 bits per heavy atom. The Kier molecular flexibility index (Phi) is 3.61. The van der Waals surface area contributed by atoms with E-state index in [1.54, 1.807) is 0 Å².